The van der Waals surface area contributed by atoms with Gasteiger partial charge in [-0.05, 0) is 47.6 Å². The average molecular weight is 368 g/mol. The lowest BCUT2D eigenvalue weighted by Gasteiger charge is -2.43. The Morgan fingerprint density at radius 3 is 2.62 bits per heavy atom. The number of methoxy groups -OCH3 is 1. The fourth-order valence-electron chi connectivity index (χ4n) is 3.69. The summed E-state index contributed by atoms with van der Waals surface area (Å²) in [4.78, 5) is 5.02. The molecule has 2 aliphatic heterocycles. The Morgan fingerprint density at radius 2 is 1.81 bits per heavy atom. The number of aliphatic imine (C=N–C) groups is 1. The van der Waals surface area contributed by atoms with E-state index in [-0.39, 0.29) is 5.54 Å². The summed E-state index contributed by atoms with van der Waals surface area (Å²) in [6.07, 6.45) is 2.20. The zero-order valence-electron chi connectivity index (χ0n) is 15.1. The molecule has 2 N–H and O–H groups in total. The highest BCUT2D eigenvalue weighted by molar-refractivity contribution is 7.99. The van der Waals surface area contributed by atoms with Gasteiger partial charge < -0.3 is 15.4 Å². The summed E-state index contributed by atoms with van der Waals surface area (Å²) in [6.45, 7) is 1.32. The lowest BCUT2D eigenvalue weighted by molar-refractivity contribution is 0.185. The minimum absolute atomic E-state index is 0.0657. The second kappa shape index (κ2) is 7.72. The number of thioether (sulfide) groups is 1. The summed E-state index contributed by atoms with van der Waals surface area (Å²) in [5.41, 5.74) is 4.63. The van der Waals surface area contributed by atoms with Gasteiger partial charge in [0.1, 0.15) is 5.84 Å². The molecule has 1 saturated heterocycles. The van der Waals surface area contributed by atoms with Crippen molar-refractivity contribution in [3.8, 4) is 0 Å². The standard InChI is InChI=1S/C21H25N3OS/c1-25-15-17-6-4-5-16(13-17)14-22-20-21(9-11-26-12-10-21)24-19-8-3-2-7-18(19)23-20/h2-8,13,24H,9-12,14-15H2,1H3,(H,22,23). The van der Waals surface area contributed by atoms with Crippen molar-refractivity contribution in [3.05, 3.63) is 59.7 Å². The predicted molar refractivity (Wildman–Crippen MR) is 111 cm³/mol. The maximum absolute atomic E-state index is 5.25. The van der Waals surface area contributed by atoms with Crippen molar-refractivity contribution in [2.45, 2.75) is 31.5 Å². The first-order valence-corrected chi connectivity index (χ1v) is 10.3. The lowest BCUT2D eigenvalue weighted by Crippen LogP contribution is -2.54. The number of amidine groups is 1. The molecule has 0 amide bonds. The van der Waals surface area contributed by atoms with Crippen LogP contribution in [0, 0.1) is 0 Å². The number of anilines is 2. The fourth-order valence-corrected chi connectivity index (χ4v) is 4.88. The molecule has 0 aliphatic carbocycles. The molecule has 0 atom stereocenters. The quantitative estimate of drug-likeness (QED) is 0.833. The highest BCUT2D eigenvalue weighted by atomic mass is 32.2. The lowest BCUT2D eigenvalue weighted by atomic mass is 9.87. The minimum atomic E-state index is -0.0657. The second-order valence-corrected chi connectivity index (χ2v) is 8.13. The van der Waals surface area contributed by atoms with Crippen molar-refractivity contribution in [2.75, 3.05) is 29.2 Å². The van der Waals surface area contributed by atoms with E-state index in [1.54, 1.807) is 7.11 Å². The van der Waals surface area contributed by atoms with Crippen molar-refractivity contribution in [2.24, 2.45) is 4.99 Å². The van der Waals surface area contributed by atoms with Gasteiger partial charge in [0, 0.05) is 7.11 Å². The topological polar surface area (TPSA) is 45.6 Å². The van der Waals surface area contributed by atoms with Crippen molar-refractivity contribution in [1.29, 1.82) is 0 Å². The number of nitrogens with zero attached hydrogens (tertiary/aromatic N) is 1. The third-order valence-electron chi connectivity index (χ3n) is 5.08. The van der Waals surface area contributed by atoms with Crippen molar-refractivity contribution < 1.29 is 4.74 Å². The molecule has 0 bridgehead atoms. The molecule has 1 spiro atoms. The maximum atomic E-state index is 5.25. The first-order valence-electron chi connectivity index (χ1n) is 9.13. The molecule has 0 radical (unpaired) electrons. The van der Waals surface area contributed by atoms with Crippen LogP contribution in [-0.2, 0) is 17.9 Å². The number of fused-ring (bicyclic) bond motifs is 1. The van der Waals surface area contributed by atoms with E-state index in [0.29, 0.717) is 13.2 Å². The smallest absolute Gasteiger partial charge is 0.127 e. The Morgan fingerprint density at radius 1 is 1.04 bits per heavy atom. The highest BCUT2D eigenvalue weighted by Crippen LogP contribution is 2.38. The molecule has 0 unspecified atom stereocenters. The number of hydrogen-bond acceptors (Lipinski definition) is 4. The van der Waals surface area contributed by atoms with Gasteiger partial charge >= 0.3 is 0 Å². The molecule has 1 fully saturated rings. The Labute approximate surface area is 159 Å². The third-order valence-corrected chi connectivity index (χ3v) is 6.06. The monoisotopic (exact) mass is 367 g/mol. The van der Waals surface area contributed by atoms with Gasteiger partial charge in [-0.25, -0.2) is 0 Å². The van der Waals surface area contributed by atoms with E-state index in [0.717, 1.165) is 24.4 Å². The third kappa shape index (κ3) is 3.60. The molecule has 2 aromatic carbocycles. The number of nitrogens with one attached hydrogen (secondary N) is 2. The summed E-state index contributed by atoms with van der Waals surface area (Å²) in [5, 5.41) is 7.42. The molecule has 5 heteroatoms. The number of rotatable bonds is 4. The van der Waals surface area contributed by atoms with E-state index in [1.165, 1.54) is 28.3 Å². The van der Waals surface area contributed by atoms with E-state index in [9.17, 15) is 0 Å². The Hall–Kier alpha value is -1.98. The molecule has 2 aliphatic rings. The molecule has 26 heavy (non-hydrogen) atoms. The van der Waals surface area contributed by atoms with Crippen LogP contribution in [0.15, 0.2) is 53.5 Å². The molecule has 2 heterocycles. The van der Waals surface area contributed by atoms with Gasteiger partial charge in [-0.1, -0.05) is 36.4 Å². The zero-order valence-corrected chi connectivity index (χ0v) is 15.9. The molecule has 136 valence electrons. The van der Waals surface area contributed by atoms with Crippen LogP contribution in [-0.4, -0.2) is 30.0 Å². The Kier molecular flexibility index (Phi) is 5.18. The summed E-state index contributed by atoms with van der Waals surface area (Å²) in [6, 6.07) is 16.9. The molecule has 4 nitrogen and oxygen atoms in total. The molecule has 0 aromatic heterocycles. The largest absolute Gasteiger partial charge is 0.380 e. The predicted octanol–water partition coefficient (Wildman–Crippen LogP) is 4.53. The first kappa shape index (κ1) is 17.4. The summed E-state index contributed by atoms with van der Waals surface area (Å²) in [5.74, 6) is 3.41. The summed E-state index contributed by atoms with van der Waals surface area (Å²) >= 11 is 2.03. The number of benzene rings is 2. The van der Waals surface area contributed by atoms with E-state index in [2.05, 4.69) is 59.2 Å². The van der Waals surface area contributed by atoms with E-state index in [4.69, 9.17) is 9.73 Å². The number of hydrogen-bond donors (Lipinski definition) is 2. The van der Waals surface area contributed by atoms with Gasteiger partial charge in [0.05, 0.1) is 30.1 Å². The average Bonchev–Trinajstić information content (AvgIpc) is 2.68. The number of ether oxygens (including phenoxy) is 1. The molecular formula is C21H25N3OS. The van der Waals surface area contributed by atoms with Crippen LogP contribution in [0.2, 0.25) is 0 Å². The Balaban J connectivity index is 1.62. The van der Waals surface area contributed by atoms with Crippen LogP contribution in [0.5, 0.6) is 0 Å². The Bertz CT molecular complexity index is 799. The summed E-state index contributed by atoms with van der Waals surface area (Å²) in [7, 11) is 1.73. The SMILES string of the molecule is COCc1cccc(CN=C2Nc3ccccc3NC23CCSCC3)c1. The number of para-hydroxylation sites is 2. The normalized spacial score (nSPS) is 19.7. The second-order valence-electron chi connectivity index (χ2n) is 6.91. The van der Waals surface area contributed by atoms with Gasteiger partial charge in [0.25, 0.3) is 0 Å². The highest BCUT2D eigenvalue weighted by Gasteiger charge is 2.40. The van der Waals surface area contributed by atoms with Crippen LogP contribution in [0.4, 0.5) is 11.4 Å². The molecule has 2 aromatic rings. The van der Waals surface area contributed by atoms with Gasteiger partial charge in [-0.15, -0.1) is 0 Å². The van der Waals surface area contributed by atoms with Crippen LogP contribution in [0.3, 0.4) is 0 Å². The van der Waals surface area contributed by atoms with E-state index >= 15 is 0 Å². The van der Waals surface area contributed by atoms with Crippen molar-refractivity contribution >= 4 is 29.0 Å². The van der Waals surface area contributed by atoms with Gasteiger partial charge in [-0.2, -0.15) is 11.8 Å². The van der Waals surface area contributed by atoms with E-state index < -0.39 is 0 Å². The maximum Gasteiger partial charge on any atom is 0.127 e. The van der Waals surface area contributed by atoms with Crippen LogP contribution >= 0.6 is 11.8 Å². The fraction of sp³-hybridized carbons (Fsp3) is 0.381. The minimum Gasteiger partial charge on any atom is -0.380 e. The van der Waals surface area contributed by atoms with Gasteiger partial charge in [0.15, 0.2) is 0 Å². The van der Waals surface area contributed by atoms with Crippen LogP contribution < -0.4 is 10.6 Å². The molecular weight excluding hydrogens is 342 g/mol. The zero-order chi connectivity index (χ0) is 17.8. The van der Waals surface area contributed by atoms with Crippen molar-refractivity contribution in [3.63, 3.8) is 0 Å². The van der Waals surface area contributed by atoms with Crippen molar-refractivity contribution in [1.82, 2.24) is 0 Å². The van der Waals surface area contributed by atoms with Gasteiger partial charge in [-0.3, -0.25) is 4.99 Å². The van der Waals surface area contributed by atoms with Crippen LogP contribution in [0.1, 0.15) is 24.0 Å². The molecule has 0 saturated carbocycles. The van der Waals surface area contributed by atoms with E-state index in [1.807, 2.05) is 11.8 Å². The van der Waals surface area contributed by atoms with Gasteiger partial charge in [0.2, 0.25) is 0 Å². The molecule has 4 rings (SSSR count). The first-order chi connectivity index (χ1) is 12.8. The van der Waals surface area contributed by atoms with Crippen LogP contribution in [0.25, 0.3) is 0 Å². The summed E-state index contributed by atoms with van der Waals surface area (Å²) < 4.78 is 5.25.